The highest BCUT2D eigenvalue weighted by molar-refractivity contribution is 5.71. The molecule has 0 aliphatic carbocycles. The van der Waals surface area contributed by atoms with Crippen LogP contribution in [0.3, 0.4) is 0 Å². The van der Waals surface area contributed by atoms with Gasteiger partial charge in [-0.1, -0.05) is 12.1 Å². The third-order valence-electron chi connectivity index (χ3n) is 3.38. The summed E-state index contributed by atoms with van der Waals surface area (Å²) in [4.78, 5) is 11.8. The van der Waals surface area contributed by atoms with Crippen molar-refractivity contribution < 1.29 is 18.7 Å². The van der Waals surface area contributed by atoms with Crippen LogP contribution >= 0.6 is 0 Å². The second kappa shape index (κ2) is 8.17. The summed E-state index contributed by atoms with van der Waals surface area (Å²) in [5, 5.41) is 3.28. The van der Waals surface area contributed by atoms with Gasteiger partial charge in [-0.05, 0) is 48.9 Å². The standard InChI is InChI=1S/C18H20FNO3/c1-3-23-18(21)12-17(13-4-6-14(19)7-5-13)20-15-8-10-16(22-2)11-9-15/h4-11,17,20H,3,12H2,1-2H3/t17-/m0/s1. The zero-order valence-corrected chi connectivity index (χ0v) is 13.2. The molecule has 2 aromatic rings. The zero-order valence-electron chi connectivity index (χ0n) is 13.2. The lowest BCUT2D eigenvalue weighted by molar-refractivity contribution is -0.143. The Morgan fingerprint density at radius 3 is 2.35 bits per heavy atom. The molecule has 0 unspecified atom stereocenters. The summed E-state index contributed by atoms with van der Waals surface area (Å²) in [6.45, 7) is 2.10. The van der Waals surface area contributed by atoms with Crippen LogP contribution in [-0.2, 0) is 9.53 Å². The maximum absolute atomic E-state index is 13.1. The van der Waals surface area contributed by atoms with Crippen LogP contribution in [0.2, 0.25) is 0 Å². The van der Waals surface area contributed by atoms with E-state index in [9.17, 15) is 9.18 Å². The number of anilines is 1. The lowest BCUT2D eigenvalue weighted by Crippen LogP contribution is -2.17. The Bertz CT molecular complexity index is 626. The molecular formula is C18H20FNO3. The Kier molecular flexibility index (Phi) is 5.97. The number of benzene rings is 2. The molecule has 1 atom stereocenters. The highest BCUT2D eigenvalue weighted by Gasteiger charge is 2.17. The summed E-state index contributed by atoms with van der Waals surface area (Å²) >= 11 is 0. The van der Waals surface area contributed by atoms with Crippen LogP contribution < -0.4 is 10.1 Å². The maximum Gasteiger partial charge on any atom is 0.308 e. The van der Waals surface area contributed by atoms with Crippen LogP contribution in [0.5, 0.6) is 5.75 Å². The molecule has 0 bridgehead atoms. The van der Waals surface area contributed by atoms with Crippen molar-refractivity contribution in [2.45, 2.75) is 19.4 Å². The average molecular weight is 317 g/mol. The Hall–Kier alpha value is -2.56. The summed E-state index contributed by atoms with van der Waals surface area (Å²) in [5.41, 5.74) is 1.65. The topological polar surface area (TPSA) is 47.6 Å². The van der Waals surface area contributed by atoms with Crippen molar-refractivity contribution in [2.24, 2.45) is 0 Å². The van der Waals surface area contributed by atoms with Crippen molar-refractivity contribution in [3.05, 3.63) is 59.9 Å². The molecule has 0 heterocycles. The fraction of sp³-hybridized carbons (Fsp3) is 0.278. The monoisotopic (exact) mass is 317 g/mol. The van der Waals surface area contributed by atoms with Gasteiger partial charge in [-0.15, -0.1) is 0 Å². The van der Waals surface area contributed by atoms with Crippen LogP contribution in [-0.4, -0.2) is 19.7 Å². The van der Waals surface area contributed by atoms with Gasteiger partial charge in [0.2, 0.25) is 0 Å². The molecule has 0 fully saturated rings. The molecule has 0 saturated carbocycles. The number of carbonyl (C=O) groups excluding carboxylic acids is 1. The van der Waals surface area contributed by atoms with E-state index in [4.69, 9.17) is 9.47 Å². The second-order valence-electron chi connectivity index (χ2n) is 4.99. The summed E-state index contributed by atoms with van der Waals surface area (Å²) in [7, 11) is 1.60. The first-order valence-corrected chi connectivity index (χ1v) is 7.44. The van der Waals surface area contributed by atoms with E-state index >= 15 is 0 Å². The van der Waals surface area contributed by atoms with Crippen molar-refractivity contribution in [2.75, 3.05) is 19.0 Å². The van der Waals surface area contributed by atoms with Crippen LogP contribution in [0.4, 0.5) is 10.1 Å². The molecule has 1 N–H and O–H groups in total. The fourth-order valence-corrected chi connectivity index (χ4v) is 2.22. The molecule has 0 aliphatic rings. The van der Waals surface area contributed by atoms with Crippen LogP contribution in [0, 0.1) is 5.82 Å². The minimum absolute atomic E-state index is 0.158. The molecule has 2 aromatic carbocycles. The van der Waals surface area contributed by atoms with E-state index in [1.807, 2.05) is 24.3 Å². The van der Waals surface area contributed by atoms with Crippen molar-refractivity contribution in [3.63, 3.8) is 0 Å². The molecule has 0 saturated heterocycles. The second-order valence-corrected chi connectivity index (χ2v) is 4.99. The molecule has 4 nitrogen and oxygen atoms in total. The van der Waals surface area contributed by atoms with Gasteiger partial charge in [0.1, 0.15) is 11.6 Å². The molecule has 2 rings (SSSR count). The number of ether oxygens (including phenoxy) is 2. The minimum Gasteiger partial charge on any atom is -0.497 e. The lowest BCUT2D eigenvalue weighted by Gasteiger charge is -2.20. The Labute approximate surface area is 135 Å². The van der Waals surface area contributed by atoms with Gasteiger partial charge in [0.05, 0.1) is 26.2 Å². The van der Waals surface area contributed by atoms with Crippen LogP contribution in [0.25, 0.3) is 0 Å². The van der Waals surface area contributed by atoms with Crippen LogP contribution in [0.15, 0.2) is 48.5 Å². The summed E-state index contributed by atoms with van der Waals surface area (Å²) < 4.78 is 23.3. The van der Waals surface area contributed by atoms with E-state index in [0.29, 0.717) is 6.61 Å². The molecule has 0 radical (unpaired) electrons. The molecule has 122 valence electrons. The number of carbonyl (C=O) groups is 1. The Morgan fingerprint density at radius 2 is 1.78 bits per heavy atom. The largest absolute Gasteiger partial charge is 0.497 e. The van der Waals surface area contributed by atoms with Crippen LogP contribution in [0.1, 0.15) is 24.9 Å². The van der Waals surface area contributed by atoms with Crippen molar-refractivity contribution in [1.82, 2.24) is 0 Å². The highest BCUT2D eigenvalue weighted by Crippen LogP contribution is 2.25. The van der Waals surface area contributed by atoms with Gasteiger partial charge in [-0.3, -0.25) is 4.79 Å². The predicted octanol–water partition coefficient (Wildman–Crippen LogP) is 3.94. The quantitative estimate of drug-likeness (QED) is 0.786. The van der Waals surface area contributed by atoms with Gasteiger partial charge < -0.3 is 14.8 Å². The average Bonchev–Trinajstić information content (AvgIpc) is 2.56. The normalized spacial score (nSPS) is 11.6. The fourth-order valence-electron chi connectivity index (χ4n) is 2.22. The molecule has 5 heteroatoms. The summed E-state index contributed by atoms with van der Waals surface area (Å²) in [6.07, 6.45) is 0.158. The Balaban J connectivity index is 2.17. The molecular weight excluding hydrogens is 297 g/mol. The van der Waals surface area contributed by atoms with Crippen molar-refractivity contribution >= 4 is 11.7 Å². The number of nitrogens with one attached hydrogen (secondary N) is 1. The smallest absolute Gasteiger partial charge is 0.308 e. The van der Waals surface area contributed by atoms with Gasteiger partial charge in [0, 0.05) is 5.69 Å². The maximum atomic E-state index is 13.1. The zero-order chi connectivity index (χ0) is 16.7. The predicted molar refractivity (Wildman–Crippen MR) is 87.0 cm³/mol. The first-order valence-electron chi connectivity index (χ1n) is 7.44. The van der Waals surface area contributed by atoms with E-state index in [2.05, 4.69) is 5.32 Å². The third kappa shape index (κ3) is 4.98. The summed E-state index contributed by atoms with van der Waals surface area (Å²) in [5.74, 6) is 0.134. The van der Waals surface area contributed by atoms with E-state index < -0.39 is 0 Å². The van der Waals surface area contributed by atoms with Crippen molar-refractivity contribution in [1.29, 1.82) is 0 Å². The molecule has 0 spiro atoms. The molecule has 0 amide bonds. The van der Waals surface area contributed by atoms with E-state index in [1.54, 1.807) is 26.2 Å². The molecule has 0 aliphatic heterocycles. The number of methoxy groups -OCH3 is 1. The van der Waals surface area contributed by atoms with Gasteiger partial charge in [-0.25, -0.2) is 4.39 Å². The molecule has 23 heavy (non-hydrogen) atoms. The van der Waals surface area contributed by atoms with E-state index in [0.717, 1.165) is 17.0 Å². The molecule has 0 aromatic heterocycles. The van der Waals surface area contributed by atoms with E-state index in [1.165, 1.54) is 12.1 Å². The number of rotatable bonds is 7. The third-order valence-corrected chi connectivity index (χ3v) is 3.38. The van der Waals surface area contributed by atoms with Gasteiger partial charge in [-0.2, -0.15) is 0 Å². The number of halogens is 1. The van der Waals surface area contributed by atoms with Crippen molar-refractivity contribution in [3.8, 4) is 5.75 Å². The van der Waals surface area contributed by atoms with Gasteiger partial charge >= 0.3 is 5.97 Å². The Morgan fingerprint density at radius 1 is 1.13 bits per heavy atom. The SMILES string of the molecule is CCOC(=O)C[C@H](Nc1ccc(OC)cc1)c1ccc(F)cc1. The van der Waals surface area contributed by atoms with E-state index in [-0.39, 0.29) is 24.2 Å². The van der Waals surface area contributed by atoms with Gasteiger partial charge in [0.25, 0.3) is 0 Å². The summed E-state index contributed by atoms with van der Waals surface area (Å²) in [6, 6.07) is 13.2. The number of esters is 1. The van der Waals surface area contributed by atoms with Gasteiger partial charge in [0.15, 0.2) is 0 Å². The minimum atomic E-state index is -0.312. The first-order chi connectivity index (χ1) is 11.1. The lowest BCUT2D eigenvalue weighted by atomic mass is 10.0. The number of hydrogen-bond donors (Lipinski definition) is 1. The highest BCUT2D eigenvalue weighted by atomic mass is 19.1. The first kappa shape index (κ1) is 16.8. The number of hydrogen-bond acceptors (Lipinski definition) is 4.